The molecule has 0 aliphatic rings. The first-order chi connectivity index (χ1) is 7.94. The number of rotatable bonds is 1. The predicted octanol–water partition coefficient (Wildman–Crippen LogP) is 2.02. The summed E-state index contributed by atoms with van der Waals surface area (Å²) in [5.41, 5.74) is 4.36. The number of pyridine rings is 1. The minimum atomic E-state index is -0.318. The van der Waals surface area contributed by atoms with Crippen molar-refractivity contribution in [1.29, 1.82) is 0 Å². The van der Waals surface area contributed by atoms with Crippen LogP contribution in [0.2, 0.25) is 0 Å². The van der Waals surface area contributed by atoms with Gasteiger partial charge in [0.1, 0.15) is 11.1 Å². The fourth-order valence-electron chi connectivity index (χ4n) is 1.60. The average Bonchev–Trinajstić information content (AvgIpc) is 2.77. The number of nitrogens with zero attached hydrogens (tertiary/aromatic N) is 3. The second kappa shape index (κ2) is 3.84. The maximum absolute atomic E-state index is 9.60. The molecule has 0 amide bonds. The molecule has 0 aliphatic carbocycles. The van der Waals surface area contributed by atoms with Gasteiger partial charge < -0.3 is 4.74 Å². The molecule has 4 heterocycles. The van der Waals surface area contributed by atoms with Crippen LogP contribution in [0, 0.1) is 6.92 Å². The monoisotopic (exact) mass is 233 g/mol. The summed E-state index contributed by atoms with van der Waals surface area (Å²) in [4.78, 5) is 9.60. The highest BCUT2D eigenvalue weighted by molar-refractivity contribution is 6.00. The van der Waals surface area contributed by atoms with Crippen LogP contribution in [0.25, 0.3) is 16.6 Å². The predicted molar refractivity (Wildman–Crippen MR) is 64.5 cm³/mol. The van der Waals surface area contributed by atoms with Gasteiger partial charge in [-0.05, 0) is 39.3 Å². The van der Waals surface area contributed by atoms with Gasteiger partial charge in [-0.2, -0.15) is 0 Å². The van der Waals surface area contributed by atoms with E-state index in [1.807, 2.05) is 25.3 Å². The Bertz CT molecular complexity index is 580. The van der Waals surface area contributed by atoms with Crippen LogP contribution in [0.5, 0.6) is 0 Å². The van der Waals surface area contributed by atoms with Crippen molar-refractivity contribution in [2.24, 2.45) is 0 Å². The van der Waals surface area contributed by atoms with Gasteiger partial charge in [-0.15, -0.1) is 5.10 Å². The van der Waals surface area contributed by atoms with E-state index in [0.29, 0.717) is 6.47 Å². The zero-order valence-electron chi connectivity index (χ0n) is 10.4. The second-order valence-corrected chi connectivity index (χ2v) is 4.93. The third kappa shape index (κ3) is 2.00. The van der Waals surface area contributed by atoms with Crippen LogP contribution in [0.1, 0.15) is 26.3 Å². The lowest BCUT2D eigenvalue weighted by molar-refractivity contribution is -0.138. The topological polar surface area (TPSA) is 56.5 Å². The molecule has 0 radical (unpaired) electrons. The molecule has 5 nitrogen and oxygen atoms in total. The number of fused-ring (bicyclic) bond motifs is 3. The van der Waals surface area contributed by atoms with Crippen molar-refractivity contribution >= 4 is 23.0 Å². The molecule has 5 rings (SSSR count). The van der Waals surface area contributed by atoms with E-state index in [9.17, 15) is 4.79 Å². The summed E-state index contributed by atoms with van der Waals surface area (Å²) in [6.45, 7) is 8.00. The van der Waals surface area contributed by atoms with Crippen LogP contribution in [-0.4, -0.2) is 26.9 Å². The van der Waals surface area contributed by atoms with Crippen molar-refractivity contribution < 1.29 is 9.53 Å². The van der Waals surface area contributed by atoms with E-state index in [1.165, 1.54) is 11.1 Å². The molecule has 0 spiro atoms. The zero-order chi connectivity index (χ0) is 12.6. The second-order valence-electron chi connectivity index (χ2n) is 4.93. The Labute approximate surface area is 99.0 Å². The van der Waals surface area contributed by atoms with E-state index in [1.54, 1.807) is 0 Å². The molecule has 0 aliphatic heterocycles. The molecule has 0 atom stereocenters. The van der Waals surface area contributed by atoms with Gasteiger partial charge in [-0.1, -0.05) is 11.3 Å². The lowest BCUT2D eigenvalue weighted by atomic mass is 10.1. The summed E-state index contributed by atoms with van der Waals surface area (Å²) in [5.74, 6) is 0. The van der Waals surface area contributed by atoms with Crippen LogP contribution in [-0.2, 0) is 9.53 Å². The first-order valence-corrected chi connectivity index (χ1v) is 5.41. The van der Waals surface area contributed by atoms with Crippen molar-refractivity contribution in [3.05, 3.63) is 17.7 Å². The summed E-state index contributed by atoms with van der Waals surface area (Å²) in [5, 5.41) is 7.89. The molecule has 17 heavy (non-hydrogen) atoms. The lowest BCUT2D eigenvalue weighted by Crippen LogP contribution is -2.17. The van der Waals surface area contributed by atoms with Gasteiger partial charge in [-0.3, -0.25) is 4.79 Å². The van der Waals surface area contributed by atoms with Crippen LogP contribution in [0.3, 0.4) is 0 Å². The highest BCUT2D eigenvalue weighted by Crippen LogP contribution is 2.27. The number of carbonyl (C=O) groups is 1. The molecule has 4 aromatic heterocycles. The molecule has 0 N–H and O–H groups in total. The first-order valence-electron chi connectivity index (χ1n) is 5.41. The Morgan fingerprint density at radius 1 is 1.35 bits per heavy atom. The number of aryl methyl sites for hydroxylation is 1. The Kier molecular flexibility index (Phi) is 2.61. The number of carbonyl (C=O) groups excluding carboxylic acids is 1. The Balaban J connectivity index is 0.000000139. The Morgan fingerprint density at radius 2 is 2.06 bits per heavy atom. The normalized spacial score (nSPS) is 11.8. The molecular weight excluding hydrogens is 218 g/mol. The largest absolute Gasteiger partial charge is 0.462 e. The number of ether oxygens (including phenoxy) is 1. The molecule has 5 aromatic rings. The van der Waals surface area contributed by atoms with Crippen LogP contribution in [0.4, 0.5) is 0 Å². The van der Waals surface area contributed by atoms with Crippen molar-refractivity contribution in [3.63, 3.8) is 0 Å². The van der Waals surface area contributed by atoms with Crippen LogP contribution in [0.15, 0.2) is 12.1 Å². The Morgan fingerprint density at radius 3 is 2.35 bits per heavy atom. The van der Waals surface area contributed by atoms with E-state index < -0.39 is 0 Å². The minimum absolute atomic E-state index is 0.318. The number of hydrogen-bond acceptors (Lipinski definition) is 4. The summed E-state index contributed by atoms with van der Waals surface area (Å²) >= 11 is 0. The summed E-state index contributed by atoms with van der Waals surface area (Å²) in [6.07, 6.45) is 0. The summed E-state index contributed by atoms with van der Waals surface area (Å²) < 4.78 is 6.43. The zero-order valence-corrected chi connectivity index (χ0v) is 10.4. The maximum Gasteiger partial charge on any atom is 0.293 e. The van der Waals surface area contributed by atoms with E-state index in [2.05, 4.69) is 34.1 Å². The minimum Gasteiger partial charge on any atom is -0.462 e. The molecule has 0 saturated carbocycles. The first kappa shape index (κ1) is 11.6. The van der Waals surface area contributed by atoms with Crippen molar-refractivity contribution in [1.82, 2.24) is 14.8 Å². The molecule has 1 aromatic carbocycles. The highest BCUT2D eigenvalue weighted by Gasteiger charge is 2.16. The quantitative estimate of drug-likeness (QED) is 0.603. The molecule has 5 heteroatoms. The van der Waals surface area contributed by atoms with Gasteiger partial charge >= 0.3 is 0 Å². The molecule has 4 bridgehead atoms. The number of aromatic nitrogens is 3. The molecule has 90 valence electrons. The standard InChI is InChI=1S/C7H5N3.C5H10O2/c1-4-2-3-5-6-7(4)10(5)9-8-6;1-5(2,3)7-4-6/h2-3H,1H3;4H,1-3H3. The van der Waals surface area contributed by atoms with Gasteiger partial charge in [0.05, 0.1) is 11.0 Å². The summed E-state index contributed by atoms with van der Waals surface area (Å²) in [7, 11) is 0. The van der Waals surface area contributed by atoms with Gasteiger partial charge in [-0.25, -0.2) is 4.52 Å². The van der Waals surface area contributed by atoms with Gasteiger partial charge in [0.25, 0.3) is 6.47 Å². The van der Waals surface area contributed by atoms with Crippen molar-refractivity contribution in [2.75, 3.05) is 0 Å². The van der Waals surface area contributed by atoms with Gasteiger partial charge in [0.15, 0.2) is 0 Å². The highest BCUT2D eigenvalue weighted by atomic mass is 16.5. The van der Waals surface area contributed by atoms with E-state index in [-0.39, 0.29) is 5.60 Å². The fourth-order valence-corrected chi connectivity index (χ4v) is 1.60. The maximum atomic E-state index is 9.60. The fraction of sp³-hybridized carbons (Fsp3) is 0.417. The van der Waals surface area contributed by atoms with E-state index >= 15 is 0 Å². The van der Waals surface area contributed by atoms with E-state index in [0.717, 1.165) is 11.0 Å². The van der Waals surface area contributed by atoms with Gasteiger partial charge in [0.2, 0.25) is 0 Å². The Hall–Kier alpha value is -1.91. The van der Waals surface area contributed by atoms with Crippen LogP contribution >= 0.6 is 0 Å². The van der Waals surface area contributed by atoms with E-state index in [4.69, 9.17) is 0 Å². The molecule has 0 unspecified atom stereocenters. The number of benzene rings is 1. The third-order valence-corrected chi connectivity index (χ3v) is 2.41. The molecular formula is C12H15N3O2. The number of hydrogen-bond donors (Lipinski definition) is 0. The third-order valence-electron chi connectivity index (χ3n) is 2.41. The molecule has 0 fully saturated rings. The molecule has 0 saturated heterocycles. The van der Waals surface area contributed by atoms with Crippen molar-refractivity contribution in [2.45, 2.75) is 33.3 Å². The van der Waals surface area contributed by atoms with Crippen LogP contribution < -0.4 is 0 Å². The lowest BCUT2D eigenvalue weighted by Gasteiger charge is -2.14. The summed E-state index contributed by atoms with van der Waals surface area (Å²) in [6, 6.07) is 4.15. The average molecular weight is 233 g/mol. The van der Waals surface area contributed by atoms with Gasteiger partial charge in [0, 0.05) is 0 Å². The smallest absolute Gasteiger partial charge is 0.293 e. The van der Waals surface area contributed by atoms with Crippen molar-refractivity contribution in [3.8, 4) is 0 Å². The SMILES string of the molecule is CC(C)(C)OC=O.Cc1ccc2c3nnn2c13.